The van der Waals surface area contributed by atoms with Crippen LogP contribution in [0.3, 0.4) is 0 Å². The SMILES string of the molecule is Cc1ocnc1CN(C)C1CCCC1CN. The molecule has 16 heavy (non-hydrogen) atoms. The molecule has 0 bridgehead atoms. The van der Waals surface area contributed by atoms with Gasteiger partial charge in [-0.05, 0) is 39.3 Å². The lowest BCUT2D eigenvalue weighted by atomic mass is 10.0. The van der Waals surface area contributed by atoms with Crippen molar-refractivity contribution >= 4 is 0 Å². The van der Waals surface area contributed by atoms with Crippen LogP contribution in [-0.2, 0) is 6.54 Å². The highest BCUT2D eigenvalue weighted by molar-refractivity contribution is 5.05. The van der Waals surface area contributed by atoms with Crippen molar-refractivity contribution in [2.75, 3.05) is 13.6 Å². The number of aromatic nitrogens is 1. The van der Waals surface area contributed by atoms with Crippen LogP contribution in [0.15, 0.2) is 10.8 Å². The fourth-order valence-electron chi connectivity index (χ4n) is 2.71. The molecule has 1 heterocycles. The maximum absolute atomic E-state index is 5.80. The third kappa shape index (κ3) is 2.28. The zero-order valence-electron chi connectivity index (χ0n) is 10.1. The average molecular weight is 223 g/mol. The Hall–Kier alpha value is -0.870. The van der Waals surface area contributed by atoms with Crippen LogP contribution < -0.4 is 5.73 Å². The number of oxazole rings is 1. The van der Waals surface area contributed by atoms with Gasteiger partial charge in [0.1, 0.15) is 5.76 Å². The largest absolute Gasteiger partial charge is 0.448 e. The predicted octanol–water partition coefficient (Wildman–Crippen LogP) is 1.54. The van der Waals surface area contributed by atoms with Crippen LogP contribution in [0.4, 0.5) is 0 Å². The van der Waals surface area contributed by atoms with Crippen LogP contribution in [0, 0.1) is 12.8 Å². The number of nitrogens with zero attached hydrogens (tertiary/aromatic N) is 2. The highest BCUT2D eigenvalue weighted by Crippen LogP contribution is 2.29. The Kier molecular flexibility index (Phi) is 3.61. The summed E-state index contributed by atoms with van der Waals surface area (Å²) in [5, 5.41) is 0. The van der Waals surface area contributed by atoms with Gasteiger partial charge in [0.15, 0.2) is 6.39 Å². The van der Waals surface area contributed by atoms with E-state index in [1.807, 2.05) is 6.92 Å². The van der Waals surface area contributed by atoms with Gasteiger partial charge in [-0.25, -0.2) is 4.98 Å². The molecule has 2 N–H and O–H groups in total. The molecule has 2 rings (SSSR count). The zero-order chi connectivity index (χ0) is 11.5. The van der Waals surface area contributed by atoms with Gasteiger partial charge in [0.25, 0.3) is 0 Å². The molecule has 4 heteroatoms. The Bertz CT molecular complexity index is 337. The first-order chi connectivity index (χ1) is 7.72. The van der Waals surface area contributed by atoms with Crippen LogP contribution >= 0.6 is 0 Å². The van der Waals surface area contributed by atoms with Gasteiger partial charge in [-0.2, -0.15) is 0 Å². The van der Waals surface area contributed by atoms with Crippen molar-refractivity contribution in [3.8, 4) is 0 Å². The minimum Gasteiger partial charge on any atom is -0.448 e. The summed E-state index contributed by atoms with van der Waals surface area (Å²) in [5.41, 5.74) is 6.85. The molecule has 0 aliphatic heterocycles. The molecule has 1 aromatic heterocycles. The monoisotopic (exact) mass is 223 g/mol. The molecule has 1 aliphatic carbocycles. The summed E-state index contributed by atoms with van der Waals surface area (Å²) in [4.78, 5) is 6.61. The molecule has 0 amide bonds. The van der Waals surface area contributed by atoms with E-state index in [0.29, 0.717) is 12.0 Å². The van der Waals surface area contributed by atoms with E-state index in [1.54, 1.807) is 0 Å². The summed E-state index contributed by atoms with van der Waals surface area (Å²) in [6.07, 6.45) is 5.35. The molecule has 0 spiro atoms. The Labute approximate surface area is 96.8 Å². The van der Waals surface area contributed by atoms with Crippen LogP contribution in [0.25, 0.3) is 0 Å². The lowest BCUT2D eigenvalue weighted by molar-refractivity contribution is 0.190. The first-order valence-electron chi connectivity index (χ1n) is 6.01. The van der Waals surface area contributed by atoms with Gasteiger partial charge in [0, 0.05) is 12.6 Å². The van der Waals surface area contributed by atoms with E-state index in [-0.39, 0.29) is 0 Å². The summed E-state index contributed by atoms with van der Waals surface area (Å²) in [6.45, 7) is 3.63. The van der Waals surface area contributed by atoms with Crippen LogP contribution in [-0.4, -0.2) is 29.5 Å². The molecule has 4 nitrogen and oxygen atoms in total. The summed E-state index contributed by atoms with van der Waals surface area (Å²) < 4.78 is 5.22. The maximum atomic E-state index is 5.80. The van der Waals surface area contributed by atoms with Crippen LogP contribution in [0.2, 0.25) is 0 Å². The minimum atomic E-state index is 0.612. The average Bonchev–Trinajstić information content (AvgIpc) is 2.87. The van der Waals surface area contributed by atoms with Gasteiger partial charge in [-0.3, -0.25) is 4.90 Å². The van der Waals surface area contributed by atoms with Gasteiger partial charge >= 0.3 is 0 Å². The van der Waals surface area contributed by atoms with Crippen LogP contribution in [0.1, 0.15) is 30.7 Å². The van der Waals surface area contributed by atoms with Gasteiger partial charge in [0.05, 0.1) is 5.69 Å². The third-order valence-corrected chi connectivity index (χ3v) is 3.73. The molecule has 1 saturated carbocycles. The Morgan fingerprint density at radius 3 is 3.00 bits per heavy atom. The molecule has 0 saturated heterocycles. The standard InChI is InChI=1S/C12H21N3O/c1-9-11(14-8-16-9)7-15(2)12-5-3-4-10(12)6-13/h8,10,12H,3-7,13H2,1-2H3. The molecular weight excluding hydrogens is 202 g/mol. The fourth-order valence-corrected chi connectivity index (χ4v) is 2.71. The Morgan fingerprint density at radius 2 is 2.38 bits per heavy atom. The van der Waals surface area contributed by atoms with Crippen molar-refractivity contribution in [1.82, 2.24) is 9.88 Å². The van der Waals surface area contributed by atoms with Crippen molar-refractivity contribution in [1.29, 1.82) is 0 Å². The lowest BCUT2D eigenvalue weighted by Crippen LogP contribution is -2.37. The number of rotatable bonds is 4. The molecule has 0 radical (unpaired) electrons. The summed E-state index contributed by atoms with van der Waals surface area (Å²) in [5.74, 6) is 1.58. The maximum Gasteiger partial charge on any atom is 0.181 e. The molecule has 2 atom stereocenters. The Morgan fingerprint density at radius 1 is 1.56 bits per heavy atom. The molecule has 2 unspecified atom stereocenters. The van der Waals surface area contributed by atoms with Crippen molar-refractivity contribution in [3.63, 3.8) is 0 Å². The van der Waals surface area contributed by atoms with Crippen molar-refractivity contribution in [2.24, 2.45) is 11.7 Å². The fraction of sp³-hybridized carbons (Fsp3) is 0.750. The van der Waals surface area contributed by atoms with Crippen molar-refractivity contribution < 1.29 is 4.42 Å². The summed E-state index contributed by atoms with van der Waals surface area (Å²) in [6, 6.07) is 0.612. The molecular formula is C12H21N3O. The second-order valence-corrected chi connectivity index (χ2v) is 4.76. The van der Waals surface area contributed by atoms with E-state index in [9.17, 15) is 0 Å². The van der Waals surface area contributed by atoms with E-state index in [2.05, 4.69) is 16.9 Å². The van der Waals surface area contributed by atoms with Crippen molar-refractivity contribution in [2.45, 2.75) is 38.8 Å². The van der Waals surface area contributed by atoms with E-state index in [1.165, 1.54) is 25.7 Å². The smallest absolute Gasteiger partial charge is 0.181 e. The second kappa shape index (κ2) is 4.97. The van der Waals surface area contributed by atoms with Gasteiger partial charge < -0.3 is 10.2 Å². The molecule has 1 fully saturated rings. The minimum absolute atomic E-state index is 0.612. The number of hydrogen-bond donors (Lipinski definition) is 1. The topological polar surface area (TPSA) is 55.3 Å². The first-order valence-corrected chi connectivity index (χ1v) is 6.01. The highest BCUT2D eigenvalue weighted by Gasteiger charge is 2.29. The van der Waals surface area contributed by atoms with E-state index in [0.717, 1.165) is 24.5 Å². The summed E-state index contributed by atoms with van der Waals surface area (Å²) in [7, 11) is 2.16. The van der Waals surface area contributed by atoms with Gasteiger partial charge in [-0.1, -0.05) is 6.42 Å². The number of nitrogens with two attached hydrogens (primary N) is 1. The Balaban J connectivity index is 1.97. The highest BCUT2D eigenvalue weighted by atomic mass is 16.3. The number of aryl methyl sites for hydroxylation is 1. The second-order valence-electron chi connectivity index (χ2n) is 4.76. The molecule has 1 aliphatic rings. The van der Waals surface area contributed by atoms with Gasteiger partial charge in [-0.15, -0.1) is 0 Å². The van der Waals surface area contributed by atoms with E-state index in [4.69, 9.17) is 10.2 Å². The molecule has 90 valence electrons. The zero-order valence-corrected chi connectivity index (χ0v) is 10.1. The third-order valence-electron chi connectivity index (χ3n) is 3.73. The van der Waals surface area contributed by atoms with E-state index < -0.39 is 0 Å². The quantitative estimate of drug-likeness (QED) is 0.841. The predicted molar refractivity (Wildman–Crippen MR) is 62.9 cm³/mol. The molecule has 0 aromatic carbocycles. The summed E-state index contributed by atoms with van der Waals surface area (Å²) >= 11 is 0. The first kappa shape index (κ1) is 11.6. The van der Waals surface area contributed by atoms with Crippen molar-refractivity contribution in [3.05, 3.63) is 17.8 Å². The normalized spacial score (nSPS) is 25.5. The molecule has 1 aromatic rings. The number of hydrogen-bond acceptors (Lipinski definition) is 4. The van der Waals surface area contributed by atoms with Gasteiger partial charge in [0.2, 0.25) is 0 Å². The van der Waals surface area contributed by atoms with E-state index >= 15 is 0 Å². The van der Waals surface area contributed by atoms with Crippen LogP contribution in [0.5, 0.6) is 0 Å². The lowest BCUT2D eigenvalue weighted by Gasteiger charge is -2.28.